The number of fused-ring (bicyclic) bond motifs is 2. The number of pyridine rings is 1. The number of hydrogen-bond donors (Lipinski definition) is 2. The van der Waals surface area contributed by atoms with Crippen molar-refractivity contribution in [3.63, 3.8) is 0 Å². The van der Waals surface area contributed by atoms with Gasteiger partial charge in [-0.25, -0.2) is 4.98 Å². The number of carbonyl (C=O) groups excluding carboxylic acids is 1. The van der Waals surface area contributed by atoms with E-state index < -0.39 is 0 Å². The first kappa shape index (κ1) is 13.4. The van der Waals surface area contributed by atoms with Crippen molar-refractivity contribution in [3.8, 4) is 5.75 Å². The highest BCUT2D eigenvalue weighted by molar-refractivity contribution is 5.94. The molecule has 0 spiro atoms. The fourth-order valence-corrected chi connectivity index (χ4v) is 3.56. The molecule has 2 aliphatic heterocycles. The fourth-order valence-electron chi connectivity index (χ4n) is 3.56. The molecule has 20 heavy (non-hydrogen) atoms. The molecule has 3 rings (SSSR count). The molecule has 3 heterocycles. The minimum atomic E-state index is -0.268. The van der Waals surface area contributed by atoms with Gasteiger partial charge in [-0.3, -0.25) is 4.79 Å². The van der Waals surface area contributed by atoms with Gasteiger partial charge in [-0.1, -0.05) is 6.42 Å². The maximum Gasteiger partial charge on any atom is 0.273 e. The molecule has 0 aromatic carbocycles. The van der Waals surface area contributed by atoms with Crippen molar-refractivity contribution in [1.29, 1.82) is 0 Å². The van der Waals surface area contributed by atoms with Crippen LogP contribution in [0, 0.1) is 0 Å². The summed E-state index contributed by atoms with van der Waals surface area (Å²) in [5.74, 6) is -0.325. The minimum Gasteiger partial charge on any atom is -0.505 e. The van der Waals surface area contributed by atoms with Crippen LogP contribution in [-0.2, 0) is 0 Å². The highest BCUT2D eigenvalue weighted by Gasteiger charge is 2.36. The quantitative estimate of drug-likeness (QED) is 0.859. The van der Waals surface area contributed by atoms with Crippen LogP contribution in [0.3, 0.4) is 0 Å². The average Bonchev–Trinajstić information content (AvgIpc) is 2.40. The third-order valence-electron chi connectivity index (χ3n) is 4.68. The van der Waals surface area contributed by atoms with Gasteiger partial charge in [0.2, 0.25) is 0 Å². The van der Waals surface area contributed by atoms with Crippen LogP contribution in [0.4, 0.5) is 0 Å². The molecule has 0 aliphatic carbocycles. The van der Waals surface area contributed by atoms with Crippen LogP contribution in [0.15, 0.2) is 18.3 Å². The van der Waals surface area contributed by atoms with Crippen molar-refractivity contribution in [1.82, 2.24) is 15.2 Å². The highest BCUT2D eigenvalue weighted by Crippen LogP contribution is 2.32. The predicted octanol–water partition coefficient (Wildman–Crippen LogP) is 1.53. The SMILES string of the molecule is CN1C2CCCC1CC(NC(=O)c1ncccc1O)C2. The summed E-state index contributed by atoms with van der Waals surface area (Å²) in [6, 6.07) is 4.45. The lowest BCUT2D eigenvalue weighted by Crippen LogP contribution is -2.55. The second kappa shape index (κ2) is 5.40. The normalized spacial score (nSPS) is 29.9. The molecule has 2 atom stereocenters. The maximum atomic E-state index is 12.2. The first-order chi connectivity index (χ1) is 9.65. The molecule has 2 bridgehead atoms. The maximum absolute atomic E-state index is 12.2. The summed E-state index contributed by atoms with van der Waals surface area (Å²) < 4.78 is 0. The molecule has 2 aliphatic rings. The zero-order chi connectivity index (χ0) is 14.1. The number of carbonyl (C=O) groups is 1. The Kier molecular flexibility index (Phi) is 3.61. The summed E-state index contributed by atoms with van der Waals surface area (Å²) >= 11 is 0. The van der Waals surface area contributed by atoms with Crippen LogP contribution in [0.1, 0.15) is 42.6 Å². The van der Waals surface area contributed by atoms with Gasteiger partial charge in [0, 0.05) is 24.3 Å². The Bertz CT molecular complexity index is 492. The van der Waals surface area contributed by atoms with Gasteiger partial charge >= 0.3 is 0 Å². The van der Waals surface area contributed by atoms with E-state index in [1.54, 1.807) is 6.07 Å². The van der Waals surface area contributed by atoms with Crippen molar-refractivity contribution in [3.05, 3.63) is 24.0 Å². The topological polar surface area (TPSA) is 65.5 Å². The van der Waals surface area contributed by atoms with Gasteiger partial charge < -0.3 is 15.3 Å². The van der Waals surface area contributed by atoms with Gasteiger partial charge in [0.25, 0.3) is 5.91 Å². The summed E-state index contributed by atoms with van der Waals surface area (Å²) in [5.41, 5.74) is 0.122. The van der Waals surface area contributed by atoms with Gasteiger partial charge in [-0.15, -0.1) is 0 Å². The standard InChI is InChI=1S/C15H21N3O2/c1-18-11-4-2-5-12(18)9-10(8-11)17-15(20)14-13(19)6-3-7-16-14/h3,6-7,10-12,19H,2,4-5,8-9H2,1H3,(H,17,20). The number of nitrogens with zero attached hydrogens (tertiary/aromatic N) is 2. The number of hydrogen-bond acceptors (Lipinski definition) is 4. The van der Waals surface area contributed by atoms with Crippen molar-refractivity contribution in [2.24, 2.45) is 0 Å². The van der Waals surface area contributed by atoms with Crippen molar-refractivity contribution >= 4 is 5.91 Å². The Morgan fingerprint density at radius 3 is 2.75 bits per heavy atom. The van der Waals surface area contributed by atoms with E-state index >= 15 is 0 Å². The van der Waals surface area contributed by atoms with Crippen LogP contribution in [0.5, 0.6) is 5.75 Å². The zero-order valence-corrected chi connectivity index (χ0v) is 11.7. The lowest BCUT2D eigenvalue weighted by atomic mass is 9.82. The lowest BCUT2D eigenvalue weighted by molar-refractivity contribution is 0.0461. The van der Waals surface area contributed by atoms with Crippen molar-refractivity contribution in [2.75, 3.05) is 7.05 Å². The molecule has 0 saturated carbocycles. The second-order valence-electron chi connectivity index (χ2n) is 5.92. The summed E-state index contributed by atoms with van der Waals surface area (Å²) in [4.78, 5) is 18.6. The van der Waals surface area contributed by atoms with E-state index in [1.165, 1.54) is 31.5 Å². The van der Waals surface area contributed by atoms with Crippen LogP contribution >= 0.6 is 0 Å². The van der Waals surface area contributed by atoms with Gasteiger partial charge in [0.1, 0.15) is 5.75 Å². The number of piperidine rings is 2. The Morgan fingerprint density at radius 1 is 1.40 bits per heavy atom. The van der Waals surface area contributed by atoms with Gasteiger partial charge in [0.15, 0.2) is 5.69 Å². The molecule has 108 valence electrons. The van der Waals surface area contributed by atoms with Crippen molar-refractivity contribution in [2.45, 2.75) is 50.2 Å². The Balaban J connectivity index is 1.67. The Labute approximate surface area is 119 Å². The first-order valence-corrected chi connectivity index (χ1v) is 7.32. The summed E-state index contributed by atoms with van der Waals surface area (Å²) in [6.07, 6.45) is 7.24. The second-order valence-corrected chi connectivity index (χ2v) is 5.92. The van der Waals surface area contributed by atoms with Crippen LogP contribution in [-0.4, -0.2) is 46.1 Å². The van der Waals surface area contributed by atoms with Crippen LogP contribution in [0.2, 0.25) is 0 Å². The molecular weight excluding hydrogens is 254 g/mol. The summed E-state index contributed by atoms with van der Waals surface area (Å²) in [7, 11) is 2.19. The smallest absolute Gasteiger partial charge is 0.273 e. The van der Waals surface area contributed by atoms with E-state index in [2.05, 4.69) is 22.2 Å². The summed E-state index contributed by atoms with van der Waals surface area (Å²) in [5, 5.41) is 12.7. The molecule has 5 heteroatoms. The average molecular weight is 275 g/mol. The highest BCUT2D eigenvalue weighted by atomic mass is 16.3. The number of aromatic nitrogens is 1. The van der Waals surface area contributed by atoms with Crippen molar-refractivity contribution < 1.29 is 9.90 Å². The third kappa shape index (κ3) is 2.50. The van der Waals surface area contributed by atoms with E-state index in [9.17, 15) is 9.90 Å². The Hall–Kier alpha value is -1.62. The zero-order valence-electron chi connectivity index (χ0n) is 11.7. The van der Waals surface area contributed by atoms with Gasteiger partial charge in [-0.05, 0) is 44.9 Å². The molecule has 5 nitrogen and oxygen atoms in total. The number of aromatic hydroxyl groups is 1. The number of amides is 1. The third-order valence-corrected chi connectivity index (χ3v) is 4.68. The molecule has 1 aromatic rings. The molecule has 1 aromatic heterocycles. The number of rotatable bonds is 2. The van der Waals surface area contributed by atoms with E-state index in [0.717, 1.165) is 12.8 Å². The predicted molar refractivity (Wildman–Crippen MR) is 75.6 cm³/mol. The molecular formula is C15H21N3O2. The molecule has 2 fully saturated rings. The Morgan fingerprint density at radius 2 is 2.10 bits per heavy atom. The monoisotopic (exact) mass is 275 g/mol. The largest absolute Gasteiger partial charge is 0.505 e. The summed E-state index contributed by atoms with van der Waals surface area (Å²) in [6.45, 7) is 0. The van der Waals surface area contributed by atoms with Crippen LogP contribution in [0.25, 0.3) is 0 Å². The van der Waals surface area contributed by atoms with Gasteiger partial charge in [0.05, 0.1) is 0 Å². The van der Waals surface area contributed by atoms with E-state index in [1.807, 2.05) is 0 Å². The number of nitrogens with one attached hydrogen (secondary N) is 1. The lowest BCUT2D eigenvalue weighted by Gasteiger charge is -2.47. The molecule has 0 radical (unpaired) electrons. The molecule has 2 N–H and O–H groups in total. The van der Waals surface area contributed by atoms with E-state index in [0.29, 0.717) is 12.1 Å². The first-order valence-electron chi connectivity index (χ1n) is 7.32. The molecule has 2 saturated heterocycles. The van der Waals surface area contributed by atoms with E-state index in [-0.39, 0.29) is 23.4 Å². The van der Waals surface area contributed by atoms with Crippen LogP contribution < -0.4 is 5.32 Å². The van der Waals surface area contributed by atoms with Gasteiger partial charge in [-0.2, -0.15) is 0 Å². The molecule has 2 unspecified atom stereocenters. The molecule has 1 amide bonds. The van der Waals surface area contributed by atoms with E-state index in [4.69, 9.17) is 0 Å². The fraction of sp³-hybridized carbons (Fsp3) is 0.600. The minimum absolute atomic E-state index is 0.0573.